The molecule has 0 bridgehead atoms. The van der Waals surface area contributed by atoms with Gasteiger partial charge in [-0.05, 0) is 23.9 Å². The molecule has 11 heavy (non-hydrogen) atoms. The van der Waals surface area contributed by atoms with E-state index in [0.717, 1.165) is 25.3 Å². The maximum atomic E-state index is 3.86. The summed E-state index contributed by atoms with van der Waals surface area (Å²) in [6.45, 7) is 3.72. The Balaban J connectivity index is 2.62. The molecule has 0 fully saturated rings. The van der Waals surface area contributed by atoms with Crippen LogP contribution in [-0.4, -0.2) is 27.3 Å². The average molecular weight is 155 g/mol. The van der Waals surface area contributed by atoms with Gasteiger partial charge in [0.2, 0.25) is 0 Å². The van der Waals surface area contributed by atoms with Crippen LogP contribution in [0.15, 0.2) is 0 Å². The quantitative estimate of drug-likeness (QED) is 0.654. The molecule has 1 rings (SSSR count). The zero-order valence-corrected chi connectivity index (χ0v) is 6.91. The SMILES string of the molecule is CCCn1nnnc1CNC. The molecular weight excluding hydrogens is 142 g/mol. The fraction of sp³-hybridized carbons (Fsp3) is 0.833. The second-order valence-corrected chi connectivity index (χ2v) is 2.35. The molecule has 1 aromatic rings. The number of aryl methyl sites for hydroxylation is 1. The standard InChI is InChI=1S/C6H13N5/c1-3-4-11-6(5-7-2)8-9-10-11/h7H,3-5H2,1-2H3. The molecule has 5 heteroatoms. The van der Waals surface area contributed by atoms with Gasteiger partial charge in [0.15, 0.2) is 5.82 Å². The third kappa shape index (κ3) is 1.98. The predicted molar refractivity (Wildman–Crippen MR) is 40.9 cm³/mol. The highest BCUT2D eigenvalue weighted by molar-refractivity contribution is 4.78. The minimum absolute atomic E-state index is 0.729. The Morgan fingerprint density at radius 2 is 2.36 bits per heavy atom. The van der Waals surface area contributed by atoms with E-state index in [-0.39, 0.29) is 0 Å². The molecule has 0 amide bonds. The van der Waals surface area contributed by atoms with Crippen LogP contribution in [0.4, 0.5) is 0 Å². The third-order valence-electron chi connectivity index (χ3n) is 1.38. The summed E-state index contributed by atoms with van der Waals surface area (Å²) in [7, 11) is 1.88. The minimum atomic E-state index is 0.729. The number of nitrogens with one attached hydrogen (secondary N) is 1. The summed E-state index contributed by atoms with van der Waals surface area (Å²) in [4.78, 5) is 0. The molecule has 0 aromatic carbocycles. The molecule has 0 aliphatic heterocycles. The van der Waals surface area contributed by atoms with Gasteiger partial charge in [0.25, 0.3) is 0 Å². The van der Waals surface area contributed by atoms with E-state index in [9.17, 15) is 0 Å². The maximum absolute atomic E-state index is 3.86. The Morgan fingerprint density at radius 3 is 3.00 bits per heavy atom. The van der Waals surface area contributed by atoms with Crippen molar-refractivity contribution >= 4 is 0 Å². The fourth-order valence-corrected chi connectivity index (χ4v) is 0.893. The monoisotopic (exact) mass is 155 g/mol. The van der Waals surface area contributed by atoms with Crippen LogP contribution in [0.5, 0.6) is 0 Å². The number of hydrogen-bond donors (Lipinski definition) is 1. The highest BCUT2D eigenvalue weighted by Crippen LogP contribution is 1.92. The van der Waals surface area contributed by atoms with Crippen LogP contribution < -0.4 is 5.32 Å². The molecule has 1 heterocycles. The Kier molecular flexibility index (Phi) is 2.97. The number of hydrogen-bond acceptors (Lipinski definition) is 4. The van der Waals surface area contributed by atoms with Crippen molar-refractivity contribution in [3.8, 4) is 0 Å². The van der Waals surface area contributed by atoms with E-state index in [0.29, 0.717) is 0 Å². The molecule has 0 saturated carbocycles. The Morgan fingerprint density at radius 1 is 1.55 bits per heavy atom. The van der Waals surface area contributed by atoms with Crippen LogP contribution in [0.1, 0.15) is 19.2 Å². The van der Waals surface area contributed by atoms with Crippen molar-refractivity contribution in [3.63, 3.8) is 0 Å². The van der Waals surface area contributed by atoms with Crippen LogP contribution in [0.3, 0.4) is 0 Å². The van der Waals surface area contributed by atoms with E-state index in [1.165, 1.54) is 0 Å². The molecule has 62 valence electrons. The lowest BCUT2D eigenvalue weighted by molar-refractivity contribution is 0.545. The number of tetrazole rings is 1. The van der Waals surface area contributed by atoms with Crippen LogP contribution in [0.25, 0.3) is 0 Å². The van der Waals surface area contributed by atoms with Crippen molar-refractivity contribution in [2.24, 2.45) is 0 Å². The number of nitrogens with zero attached hydrogens (tertiary/aromatic N) is 4. The normalized spacial score (nSPS) is 10.4. The zero-order chi connectivity index (χ0) is 8.10. The molecule has 0 aliphatic rings. The lowest BCUT2D eigenvalue weighted by atomic mass is 10.5. The van der Waals surface area contributed by atoms with E-state index >= 15 is 0 Å². The summed E-state index contributed by atoms with van der Waals surface area (Å²) < 4.78 is 1.82. The summed E-state index contributed by atoms with van der Waals surface area (Å²) in [5.41, 5.74) is 0. The molecule has 0 atom stereocenters. The fourth-order valence-electron chi connectivity index (χ4n) is 0.893. The lowest BCUT2D eigenvalue weighted by Crippen LogP contribution is -2.13. The van der Waals surface area contributed by atoms with Crippen molar-refractivity contribution < 1.29 is 0 Å². The summed E-state index contributed by atoms with van der Waals surface area (Å²) in [5, 5.41) is 14.3. The summed E-state index contributed by atoms with van der Waals surface area (Å²) in [6, 6.07) is 0. The van der Waals surface area contributed by atoms with Crippen LogP contribution >= 0.6 is 0 Å². The van der Waals surface area contributed by atoms with E-state index in [1.807, 2.05) is 11.7 Å². The van der Waals surface area contributed by atoms with Gasteiger partial charge in [0.05, 0.1) is 6.54 Å². The average Bonchev–Trinajstić information content (AvgIpc) is 2.39. The molecule has 0 unspecified atom stereocenters. The van der Waals surface area contributed by atoms with Gasteiger partial charge >= 0.3 is 0 Å². The van der Waals surface area contributed by atoms with E-state index < -0.39 is 0 Å². The smallest absolute Gasteiger partial charge is 0.165 e. The molecule has 0 radical (unpaired) electrons. The van der Waals surface area contributed by atoms with Gasteiger partial charge in [-0.2, -0.15) is 0 Å². The maximum Gasteiger partial charge on any atom is 0.165 e. The van der Waals surface area contributed by atoms with E-state index in [4.69, 9.17) is 0 Å². The molecule has 0 spiro atoms. The molecule has 5 nitrogen and oxygen atoms in total. The van der Waals surface area contributed by atoms with Gasteiger partial charge < -0.3 is 5.32 Å². The minimum Gasteiger partial charge on any atom is -0.313 e. The van der Waals surface area contributed by atoms with Crippen molar-refractivity contribution in [2.75, 3.05) is 7.05 Å². The highest BCUT2D eigenvalue weighted by Gasteiger charge is 2.01. The largest absolute Gasteiger partial charge is 0.313 e. The van der Waals surface area contributed by atoms with Gasteiger partial charge in [0, 0.05) is 6.54 Å². The van der Waals surface area contributed by atoms with Crippen molar-refractivity contribution in [1.82, 2.24) is 25.5 Å². The molecule has 0 aliphatic carbocycles. The Labute approximate surface area is 65.8 Å². The first-order chi connectivity index (χ1) is 5.38. The number of rotatable bonds is 4. The zero-order valence-electron chi connectivity index (χ0n) is 6.91. The van der Waals surface area contributed by atoms with Crippen molar-refractivity contribution in [2.45, 2.75) is 26.4 Å². The Bertz CT molecular complexity index is 186. The van der Waals surface area contributed by atoms with Crippen LogP contribution in [-0.2, 0) is 13.1 Å². The first-order valence-electron chi connectivity index (χ1n) is 3.78. The Hall–Kier alpha value is -0.970. The van der Waals surface area contributed by atoms with Gasteiger partial charge in [-0.3, -0.25) is 0 Å². The molecular formula is C6H13N5. The van der Waals surface area contributed by atoms with E-state index in [2.05, 4.69) is 27.8 Å². The highest BCUT2D eigenvalue weighted by atomic mass is 15.5. The van der Waals surface area contributed by atoms with Gasteiger partial charge in [-0.1, -0.05) is 6.92 Å². The van der Waals surface area contributed by atoms with Crippen LogP contribution in [0.2, 0.25) is 0 Å². The second-order valence-electron chi connectivity index (χ2n) is 2.35. The summed E-state index contributed by atoms with van der Waals surface area (Å²) >= 11 is 0. The first kappa shape index (κ1) is 8.13. The predicted octanol–water partition coefficient (Wildman–Crippen LogP) is -0.198. The summed E-state index contributed by atoms with van der Waals surface area (Å²) in [5.74, 6) is 0.898. The van der Waals surface area contributed by atoms with Gasteiger partial charge in [-0.15, -0.1) is 5.10 Å². The van der Waals surface area contributed by atoms with Crippen LogP contribution in [0, 0.1) is 0 Å². The van der Waals surface area contributed by atoms with Gasteiger partial charge in [-0.25, -0.2) is 4.68 Å². The summed E-state index contributed by atoms with van der Waals surface area (Å²) in [6.07, 6.45) is 1.06. The first-order valence-corrected chi connectivity index (χ1v) is 3.78. The van der Waals surface area contributed by atoms with Gasteiger partial charge in [0.1, 0.15) is 0 Å². The second kappa shape index (κ2) is 4.02. The molecule has 1 aromatic heterocycles. The van der Waals surface area contributed by atoms with E-state index in [1.54, 1.807) is 0 Å². The lowest BCUT2D eigenvalue weighted by Gasteiger charge is -2.00. The molecule has 0 saturated heterocycles. The van der Waals surface area contributed by atoms with Crippen molar-refractivity contribution in [3.05, 3.63) is 5.82 Å². The molecule has 1 N–H and O–H groups in total. The third-order valence-corrected chi connectivity index (χ3v) is 1.38. The topological polar surface area (TPSA) is 55.6 Å². The number of aromatic nitrogens is 4. The van der Waals surface area contributed by atoms with Crippen molar-refractivity contribution in [1.29, 1.82) is 0 Å².